The largest absolute Gasteiger partial charge is 0.444 e. The number of H-pyrrole nitrogens is 1. The number of nitrogens with zero attached hydrogens (tertiary/aromatic N) is 1. The van der Waals surface area contributed by atoms with Gasteiger partial charge in [0.05, 0.1) is 21.6 Å². The molecule has 0 unspecified atom stereocenters. The minimum absolute atomic E-state index is 0.108. The van der Waals surface area contributed by atoms with Crippen molar-refractivity contribution in [3.05, 3.63) is 33.4 Å². The Kier molecular flexibility index (Phi) is 5.32. The highest BCUT2D eigenvalue weighted by Crippen LogP contribution is 2.39. The lowest BCUT2D eigenvalue weighted by atomic mass is 9.97. The highest BCUT2D eigenvalue weighted by Gasteiger charge is 2.31. The lowest BCUT2D eigenvalue weighted by molar-refractivity contribution is -0.132. The van der Waals surface area contributed by atoms with Crippen molar-refractivity contribution < 1.29 is 14.3 Å². The number of hydrogen-bond acceptors (Lipinski definition) is 3. The smallest absolute Gasteiger partial charge is 0.408 e. The van der Waals surface area contributed by atoms with Gasteiger partial charge < -0.3 is 19.9 Å². The lowest BCUT2D eigenvalue weighted by Gasteiger charge is -2.34. The molecule has 146 valence electrons. The molecule has 0 spiro atoms. The van der Waals surface area contributed by atoms with Crippen LogP contribution in [0.25, 0.3) is 10.9 Å². The van der Waals surface area contributed by atoms with E-state index in [1.54, 1.807) is 31.7 Å². The zero-order valence-electron chi connectivity index (χ0n) is 15.8. The average Bonchev–Trinajstić information content (AvgIpc) is 2.95. The van der Waals surface area contributed by atoms with Crippen LogP contribution in [0.4, 0.5) is 4.79 Å². The SMILES string of the molecule is C[C@H]1c2c([nH]c3c(Cl)c(Cl)ccc23)CCN1C(=O)CNC(=O)OC(C)(C)C. The van der Waals surface area contributed by atoms with Crippen LogP contribution in [0.15, 0.2) is 12.1 Å². The molecule has 8 heteroatoms. The number of carbonyl (C=O) groups excluding carboxylic acids is 2. The van der Waals surface area contributed by atoms with Crippen LogP contribution in [-0.2, 0) is 16.0 Å². The molecule has 1 aliphatic heterocycles. The standard InChI is InChI=1S/C19H23Cl2N3O3/c1-10-15-11-5-6-12(20)16(21)17(11)23-13(15)7-8-24(10)14(25)9-22-18(26)27-19(2,3)4/h5-6,10,23H,7-9H2,1-4H3,(H,22,26)/t10-/m0/s1. The molecule has 0 saturated carbocycles. The fourth-order valence-electron chi connectivity index (χ4n) is 3.44. The maximum atomic E-state index is 12.7. The number of aromatic amines is 1. The Labute approximate surface area is 168 Å². The molecule has 27 heavy (non-hydrogen) atoms. The van der Waals surface area contributed by atoms with Crippen molar-refractivity contribution in [2.45, 2.75) is 45.8 Å². The summed E-state index contributed by atoms with van der Waals surface area (Å²) in [5.74, 6) is -0.159. The molecule has 2 heterocycles. The van der Waals surface area contributed by atoms with Crippen molar-refractivity contribution in [1.29, 1.82) is 0 Å². The number of alkyl carbamates (subject to hydrolysis) is 1. The molecule has 1 aromatic carbocycles. The third-order valence-electron chi connectivity index (χ3n) is 4.58. The number of benzene rings is 1. The average molecular weight is 412 g/mol. The quantitative estimate of drug-likeness (QED) is 0.766. The summed E-state index contributed by atoms with van der Waals surface area (Å²) in [6.45, 7) is 7.75. The topological polar surface area (TPSA) is 74.4 Å². The molecule has 6 nitrogen and oxygen atoms in total. The van der Waals surface area contributed by atoms with E-state index in [0.717, 1.165) is 22.2 Å². The molecule has 0 fully saturated rings. The summed E-state index contributed by atoms with van der Waals surface area (Å²) < 4.78 is 5.18. The van der Waals surface area contributed by atoms with Gasteiger partial charge in [-0.25, -0.2) is 4.79 Å². The van der Waals surface area contributed by atoms with E-state index in [1.807, 2.05) is 13.0 Å². The first-order chi connectivity index (χ1) is 12.6. The minimum Gasteiger partial charge on any atom is -0.444 e. The Morgan fingerprint density at radius 3 is 2.70 bits per heavy atom. The zero-order chi connectivity index (χ0) is 19.9. The third kappa shape index (κ3) is 4.01. The van der Waals surface area contributed by atoms with Gasteiger partial charge in [0.1, 0.15) is 12.1 Å². The number of halogens is 2. The minimum atomic E-state index is -0.606. The molecule has 0 bridgehead atoms. The van der Waals surface area contributed by atoms with E-state index in [9.17, 15) is 9.59 Å². The van der Waals surface area contributed by atoms with Crippen molar-refractivity contribution in [1.82, 2.24) is 15.2 Å². The fraction of sp³-hybridized carbons (Fsp3) is 0.474. The highest BCUT2D eigenvalue weighted by atomic mass is 35.5. The summed E-state index contributed by atoms with van der Waals surface area (Å²) in [7, 11) is 0. The summed E-state index contributed by atoms with van der Waals surface area (Å²) in [6.07, 6.45) is 0.0789. The number of aromatic nitrogens is 1. The summed E-state index contributed by atoms with van der Waals surface area (Å²) in [4.78, 5) is 29.6. The van der Waals surface area contributed by atoms with E-state index in [-0.39, 0.29) is 18.5 Å². The van der Waals surface area contributed by atoms with Crippen LogP contribution in [0.2, 0.25) is 10.0 Å². The van der Waals surface area contributed by atoms with Gasteiger partial charge in [-0.3, -0.25) is 4.79 Å². The predicted molar refractivity (Wildman–Crippen MR) is 106 cm³/mol. The molecule has 3 rings (SSSR count). The van der Waals surface area contributed by atoms with Crippen LogP contribution in [-0.4, -0.2) is 40.6 Å². The molecular weight excluding hydrogens is 389 g/mol. The Hall–Kier alpha value is -1.92. The van der Waals surface area contributed by atoms with E-state index in [2.05, 4.69) is 10.3 Å². The Bertz CT molecular complexity index is 902. The second-order valence-electron chi connectivity index (χ2n) is 7.67. The molecule has 2 N–H and O–H groups in total. The van der Waals surface area contributed by atoms with Gasteiger partial charge >= 0.3 is 6.09 Å². The molecule has 2 amide bonds. The van der Waals surface area contributed by atoms with Crippen LogP contribution in [0.3, 0.4) is 0 Å². The number of nitrogens with one attached hydrogen (secondary N) is 2. The molecule has 2 aromatic rings. The first-order valence-corrected chi connectivity index (χ1v) is 9.59. The number of carbonyl (C=O) groups is 2. The van der Waals surface area contributed by atoms with E-state index >= 15 is 0 Å². The first kappa shape index (κ1) is 19.8. The maximum Gasteiger partial charge on any atom is 0.408 e. The van der Waals surface area contributed by atoms with Gasteiger partial charge in [-0.1, -0.05) is 29.3 Å². The van der Waals surface area contributed by atoms with Gasteiger partial charge in [0.2, 0.25) is 5.91 Å². The van der Waals surface area contributed by atoms with E-state index in [1.165, 1.54) is 0 Å². The predicted octanol–water partition coefficient (Wildman–Crippen LogP) is 4.45. The fourth-order valence-corrected chi connectivity index (χ4v) is 3.81. The Morgan fingerprint density at radius 2 is 2.04 bits per heavy atom. The van der Waals surface area contributed by atoms with Gasteiger partial charge in [-0.05, 0) is 33.8 Å². The number of rotatable bonds is 2. The molecule has 1 aromatic heterocycles. The normalized spacial score (nSPS) is 17.0. The third-order valence-corrected chi connectivity index (χ3v) is 5.38. The second-order valence-corrected chi connectivity index (χ2v) is 8.45. The summed E-state index contributed by atoms with van der Waals surface area (Å²) in [6, 6.07) is 3.54. The van der Waals surface area contributed by atoms with Crippen LogP contribution in [0.1, 0.15) is 45.0 Å². The number of amides is 2. The maximum absolute atomic E-state index is 12.7. The van der Waals surface area contributed by atoms with Crippen molar-refractivity contribution in [3.8, 4) is 0 Å². The number of fused-ring (bicyclic) bond motifs is 3. The van der Waals surface area contributed by atoms with Crippen LogP contribution in [0, 0.1) is 0 Å². The highest BCUT2D eigenvalue weighted by molar-refractivity contribution is 6.45. The summed E-state index contributed by atoms with van der Waals surface area (Å²) in [5, 5.41) is 4.47. The molecular formula is C19H23Cl2N3O3. The van der Waals surface area contributed by atoms with Gasteiger partial charge in [0.25, 0.3) is 0 Å². The lowest BCUT2D eigenvalue weighted by Crippen LogP contribution is -2.45. The molecule has 0 aliphatic carbocycles. The summed E-state index contributed by atoms with van der Waals surface area (Å²) in [5.41, 5.74) is 2.29. The first-order valence-electron chi connectivity index (χ1n) is 8.83. The number of ether oxygens (including phenoxy) is 1. The van der Waals surface area contributed by atoms with Gasteiger partial charge in [0.15, 0.2) is 0 Å². The van der Waals surface area contributed by atoms with Gasteiger partial charge in [-0.15, -0.1) is 0 Å². The Balaban J connectivity index is 1.76. The van der Waals surface area contributed by atoms with Crippen molar-refractivity contribution in [2.75, 3.05) is 13.1 Å². The van der Waals surface area contributed by atoms with E-state index < -0.39 is 11.7 Å². The second kappa shape index (κ2) is 7.24. The zero-order valence-corrected chi connectivity index (χ0v) is 17.3. The summed E-state index contributed by atoms with van der Waals surface area (Å²) >= 11 is 12.4. The van der Waals surface area contributed by atoms with Crippen LogP contribution in [0.5, 0.6) is 0 Å². The van der Waals surface area contributed by atoms with E-state index in [4.69, 9.17) is 27.9 Å². The molecule has 1 aliphatic rings. The van der Waals surface area contributed by atoms with E-state index in [0.29, 0.717) is 23.0 Å². The molecule has 1 atom stereocenters. The van der Waals surface area contributed by atoms with Crippen molar-refractivity contribution in [3.63, 3.8) is 0 Å². The monoisotopic (exact) mass is 411 g/mol. The Morgan fingerprint density at radius 1 is 1.33 bits per heavy atom. The number of hydrogen-bond donors (Lipinski definition) is 2. The molecule has 0 radical (unpaired) electrons. The molecule has 0 saturated heterocycles. The van der Waals surface area contributed by atoms with Crippen LogP contribution < -0.4 is 5.32 Å². The van der Waals surface area contributed by atoms with Crippen LogP contribution >= 0.6 is 23.2 Å². The van der Waals surface area contributed by atoms with Crippen molar-refractivity contribution >= 4 is 46.1 Å². The van der Waals surface area contributed by atoms with Crippen molar-refractivity contribution in [2.24, 2.45) is 0 Å². The van der Waals surface area contributed by atoms with Gasteiger partial charge in [0, 0.05) is 29.6 Å². The van der Waals surface area contributed by atoms with Gasteiger partial charge in [-0.2, -0.15) is 0 Å².